The molecule has 0 bridgehead atoms. The second-order valence-corrected chi connectivity index (χ2v) is 7.08. The molecule has 0 radical (unpaired) electrons. The molecule has 3 atom stereocenters. The number of aliphatic carboxylic acids is 1. The molecular weight excluding hydrogens is 310 g/mol. The van der Waals surface area contributed by atoms with Gasteiger partial charge in [0.1, 0.15) is 6.04 Å². The van der Waals surface area contributed by atoms with Crippen molar-refractivity contribution in [2.75, 3.05) is 13.1 Å². The third kappa shape index (κ3) is 5.19. The van der Waals surface area contributed by atoms with Gasteiger partial charge in [-0.15, -0.1) is 0 Å². The number of carboxylic acid groups (broad SMARTS) is 1. The Kier molecular flexibility index (Phi) is 7.66. The number of hydrogen-bond acceptors (Lipinski definition) is 4. The molecule has 1 fully saturated rings. The summed E-state index contributed by atoms with van der Waals surface area (Å²) in [5, 5.41) is 11.8. The molecule has 7 heteroatoms. The second kappa shape index (κ2) is 9.01. The lowest BCUT2D eigenvalue weighted by Gasteiger charge is -2.34. The lowest BCUT2D eigenvalue weighted by molar-refractivity contribution is -0.144. The third-order valence-electron chi connectivity index (χ3n) is 4.95. The van der Waals surface area contributed by atoms with Crippen LogP contribution in [0.15, 0.2) is 0 Å². The summed E-state index contributed by atoms with van der Waals surface area (Å²) in [5.41, 5.74) is 5.99. The van der Waals surface area contributed by atoms with E-state index in [1.165, 1.54) is 0 Å². The molecule has 0 aromatic rings. The van der Waals surface area contributed by atoms with E-state index in [1.807, 2.05) is 13.8 Å². The lowest BCUT2D eigenvalue weighted by Crippen LogP contribution is -2.52. The van der Waals surface area contributed by atoms with Crippen molar-refractivity contribution >= 4 is 17.8 Å². The fourth-order valence-corrected chi connectivity index (χ4v) is 2.85. The van der Waals surface area contributed by atoms with Crippen LogP contribution in [-0.2, 0) is 14.4 Å². The Hall–Kier alpha value is -1.63. The van der Waals surface area contributed by atoms with Crippen molar-refractivity contribution in [3.05, 3.63) is 0 Å². The minimum atomic E-state index is -1.02. The zero-order valence-corrected chi connectivity index (χ0v) is 15.1. The first-order valence-corrected chi connectivity index (χ1v) is 8.76. The smallest absolute Gasteiger partial charge is 0.326 e. The first-order valence-electron chi connectivity index (χ1n) is 8.76. The Balaban J connectivity index is 2.54. The molecule has 1 unspecified atom stereocenters. The highest BCUT2D eigenvalue weighted by atomic mass is 16.4. The van der Waals surface area contributed by atoms with E-state index < -0.39 is 18.1 Å². The van der Waals surface area contributed by atoms with Crippen molar-refractivity contribution in [2.24, 2.45) is 23.5 Å². The number of piperidine rings is 1. The average molecular weight is 341 g/mol. The molecule has 1 rings (SSSR count). The van der Waals surface area contributed by atoms with Crippen LogP contribution >= 0.6 is 0 Å². The Morgan fingerprint density at radius 2 is 1.75 bits per heavy atom. The van der Waals surface area contributed by atoms with Crippen LogP contribution in [0.3, 0.4) is 0 Å². The number of nitrogens with two attached hydrogens (primary N) is 1. The predicted molar refractivity (Wildman–Crippen MR) is 91.1 cm³/mol. The molecule has 0 spiro atoms. The SMILES string of the molecule is CCC(C)[C@H](N)C(=O)N1CCC(C(=O)N[C@@H](C(=O)O)C(C)C)CC1. The zero-order valence-electron chi connectivity index (χ0n) is 15.1. The van der Waals surface area contributed by atoms with E-state index in [-0.39, 0.29) is 29.6 Å². The van der Waals surface area contributed by atoms with Gasteiger partial charge in [0.15, 0.2) is 0 Å². The van der Waals surface area contributed by atoms with Crippen LogP contribution in [0.4, 0.5) is 0 Å². The van der Waals surface area contributed by atoms with Crippen LogP contribution in [0.2, 0.25) is 0 Å². The van der Waals surface area contributed by atoms with Gasteiger partial charge in [0, 0.05) is 19.0 Å². The Bertz CT molecular complexity index is 459. The van der Waals surface area contributed by atoms with E-state index in [0.29, 0.717) is 25.9 Å². The van der Waals surface area contributed by atoms with E-state index in [9.17, 15) is 14.4 Å². The average Bonchev–Trinajstić information content (AvgIpc) is 2.56. The quantitative estimate of drug-likeness (QED) is 0.635. The molecule has 138 valence electrons. The summed E-state index contributed by atoms with van der Waals surface area (Å²) in [4.78, 5) is 37.5. The van der Waals surface area contributed by atoms with Gasteiger partial charge in [0.25, 0.3) is 0 Å². The standard InChI is InChI=1S/C17H31N3O4/c1-5-11(4)13(18)16(22)20-8-6-12(7-9-20)15(21)19-14(10(2)3)17(23)24/h10-14H,5-9,18H2,1-4H3,(H,19,21)(H,23,24)/t11?,13-,14+/m0/s1. The number of likely N-dealkylation sites (tertiary alicyclic amines) is 1. The molecular formula is C17H31N3O4. The van der Waals surface area contributed by atoms with Gasteiger partial charge in [-0.3, -0.25) is 9.59 Å². The molecule has 1 saturated heterocycles. The van der Waals surface area contributed by atoms with Crippen molar-refractivity contribution < 1.29 is 19.5 Å². The Labute approximate surface area is 144 Å². The molecule has 0 aromatic carbocycles. The number of carboxylic acids is 1. The fourth-order valence-electron chi connectivity index (χ4n) is 2.85. The van der Waals surface area contributed by atoms with Gasteiger partial charge in [-0.2, -0.15) is 0 Å². The Morgan fingerprint density at radius 3 is 2.17 bits per heavy atom. The molecule has 2 amide bonds. The van der Waals surface area contributed by atoms with Gasteiger partial charge >= 0.3 is 5.97 Å². The maximum absolute atomic E-state index is 12.4. The topological polar surface area (TPSA) is 113 Å². The van der Waals surface area contributed by atoms with E-state index in [1.54, 1.807) is 18.7 Å². The molecule has 7 nitrogen and oxygen atoms in total. The fraction of sp³-hybridized carbons (Fsp3) is 0.824. The van der Waals surface area contributed by atoms with Crippen molar-refractivity contribution in [1.29, 1.82) is 0 Å². The molecule has 1 heterocycles. The zero-order chi connectivity index (χ0) is 18.4. The highest BCUT2D eigenvalue weighted by Gasteiger charge is 2.33. The molecule has 1 aliphatic rings. The summed E-state index contributed by atoms with van der Waals surface area (Å²) in [6.45, 7) is 8.46. The summed E-state index contributed by atoms with van der Waals surface area (Å²) >= 11 is 0. The third-order valence-corrected chi connectivity index (χ3v) is 4.95. The number of carbonyl (C=O) groups is 3. The summed E-state index contributed by atoms with van der Waals surface area (Å²) in [7, 11) is 0. The maximum Gasteiger partial charge on any atom is 0.326 e. The first kappa shape index (κ1) is 20.4. The van der Waals surface area contributed by atoms with Crippen molar-refractivity contribution in [3.8, 4) is 0 Å². The minimum Gasteiger partial charge on any atom is -0.480 e. The molecule has 1 aliphatic heterocycles. The lowest BCUT2D eigenvalue weighted by atomic mass is 9.93. The van der Waals surface area contributed by atoms with E-state index >= 15 is 0 Å². The van der Waals surface area contributed by atoms with Gasteiger partial charge in [-0.05, 0) is 24.7 Å². The number of hydrogen-bond donors (Lipinski definition) is 3. The predicted octanol–water partition coefficient (Wildman–Crippen LogP) is 0.824. The minimum absolute atomic E-state index is 0.0613. The van der Waals surface area contributed by atoms with E-state index in [4.69, 9.17) is 10.8 Å². The molecule has 24 heavy (non-hydrogen) atoms. The van der Waals surface area contributed by atoms with Crippen molar-refractivity contribution in [3.63, 3.8) is 0 Å². The number of rotatable bonds is 7. The molecule has 0 aliphatic carbocycles. The van der Waals surface area contributed by atoms with Gasteiger partial charge in [-0.25, -0.2) is 4.79 Å². The van der Waals surface area contributed by atoms with Gasteiger partial charge < -0.3 is 21.1 Å². The van der Waals surface area contributed by atoms with E-state index in [0.717, 1.165) is 6.42 Å². The highest BCUT2D eigenvalue weighted by Crippen LogP contribution is 2.20. The van der Waals surface area contributed by atoms with Crippen LogP contribution in [0.25, 0.3) is 0 Å². The molecule has 0 saturated carbocycles. The second-order valence-electron chi connectivity index (χ2n) is 7.08. The summed E-state index contributed by atoms with van der Waals surface area (Å²) < 4.78 is 0. The van der Waals surface area contributed by atoms with Crippen LogP contribution in [0.5, 0.6) is 0 Å². The molecule has 0 aromatic heterocycles. The number of nitrogens with one attached hydrogen (secondary N) is 1. The van der Waals surface area contributed by atoms with Crippen LogP contribution in [0.1, 0.15) is 47.0 Å². The normalized spacial score (nSPS) is 19.7. The summed E-state index contributed by atoms with van der Waals surface area (Å²) in [6, 6.07) is -1.38. The van der Waals surface area contributed by atoms with Crippen molar-refractivity contribution in [2.45, 2.75) is 59.0 Å². The van der Waals surface area contributed by atoms with Crippen LogP contribution in [0, 0.1) is 17.8 Å². The van der Waals surface area contributed by atoms with Crippen molar-refractivity contribution in [1.82, 2.24) is 10.2 Å². The van der Waals surface area contributed by atoms with Gasteiger partial charge in [0.05, 0.1) is 6.04 Å². The molecule has 4 N–H and O–H groups in total. The van der Waals surface area contributed by atoms with E-state index in [2.05, 4.69) is 5.32 Å². The van der Waals surface area contributed by atoms with Gasteiger partial charge in [-0.1, -0.05) is 34.1 Å². The number of nitrogens with zero attached hydrogens (tertiary/aromatic N) is 1. The first-order chi connectivity index (χ1) is 11.2. The summed E-state index contributed by atoms with van der Waals surface area (Å²) in [5.74, 6) is -1.63. The number of amides is 2. The highest BCUT2D eigenvalue weighted by molar-refractivity contribution is 5.86. The largest absolute Gasteiger partial charge is 0.480 e. The summed E-state index contributed by atoms with van der Waals surface area (Å²) in [6.07, 6.45) is 1.92. The van der Waals surface area contributed by atoms with Gasteiger partial charge in [0.2, 0.25) is 11.8 Å². The Morgan fingerprint density at radius 1 is 1.21 bits per heavy atom. The number of carbonyl (C=O) groups excluding carboxylic acids is 2. The maximum atomic E-state index is 12.4. The monoisotopic (exact) mass is 341 g/mol. The van der Waals surface area contributed by atoms with Crippen LogP contribution in [-0.4, -0.2) is 53.0 Å². The van der Waals surface area contributed by atoms with Crippen LogP contribution < -0.4 is 11.1 Å².